The molecule has 0 spiro atoms. The van der Waals surface area contributed by atoms with E-state index >= 15 is 0 Å². The zero-order valence-electron chi connectivity index (χ0n) is 10.4. The Balaban J connectivity index is 2.58. The molecule has 0 aliphatic heterocycles. The van der Waals surface area contributed by atoms with Crippen LogP contribution in [0.3, 0.4) is 0 Å². The molecule has 0 amide bonds. The van der Waals surface area contributed by atoms with Crippen molar-refractivity contribution >= 4 is 11.7 Å². The number of carbonyl (C=O) groups excluding carboxylic acids is 1. The normalized spacial score (nSPS) is 12.0. The summed E-state index contributed by atoms with van der Waals surface area (Å²) in [6.07, 6.45) is 0.268. The van der Waals surface area contributed by atoms with Crippen molar-refractivity contribution in [2.75, 3.05) is 11.9 Å². The number of benzene rings is 1. The highest BCUT2D eigenvalue weighted by Gasteiger charge is 2.10. The van der Waals surface area contributed by atoms with E-state index in [-0.39, 0.29) is 24.2 Å². The van der Waals surface area contributed by atoms with Crippen molar-refractivity contribution in [2.45, 2.75) is 33.2 Å². The maximum atomic E-state index is 13.0. The highest BCUT2D eigenvalue weighted by molar-refractivity contribution is 5.70. The molecule has 0 radical (unpaired) electrons. The first-order chi connectivity index (χ1) is 8.02. The molecule has 1 N–H and O–H groups in total. The van der Waals surface area contributed by atoms with E-state index in [9.17, 15) is 9.18 Å². The first kappa shape index (κ1) is 13.5. The van der Waals surface area contributed by atoms with Crippen molar-refractivity contribution in [3.05, 3.63) is 29.6 Å². The summed E-state index contributed by atoms with van der Waals surface area (Å²) in [7, 11) is 0. The minimum absolute atomic E-state index is 0.0884. The van der Waals surface area contributed by atoms with Gasteiger partial charge in [0.15, 0.2) is 0 Å². The van der Waals surface area contributed by atoms with Crippen LogP contribution in [0.15, 0.2) is 18.2 Å². The first-order valence-electron chi connectivity index (χ1n) is 5.71. The number of aryl methyl sites for hydroxylation is 1. The van der Waals surface area contributed by atoms with Gasteiger partial charge in [0.1, 0.15) is 5.82 Å². The maximum absolute atomic E-state index is 13.0. The Kier molecular flexibility index (Phi) is 4.94. The number of hydrogen-bond donors (Lipinski definition) is 1. The molecule has 94 valence electrons. The number of hydrogen-bond acceptors (Lipinski definition) is 3. The fraction of sp³-hybridized carbons (Fsp3) is 0.462. The summed E-state index contributed by atoms with van der Waals surface area (Å²) in [5.74, 6) is -0.539. The second-order valence-electron chi connectivity index (χ2n) is 4.01. The third-order valence-corrected chi connectivity index (χ3v) is 2.38. The first-order valence-corrected chi connectivity index (χ1v) is 5.71. The summed E-state index contributed by atoms with van der Waals surface area (Å²) in [5.41, 5.74) is 1.66. The zero-order valence-corrected chi connectivity index (χ0v) is 10.4. The highest BCUT2D eigenvalue weighted by Crippen LogP contribution is 2.17. The third kappa shape index (κ3) is 4.43. The molecule has 0 saturated carbocycles. The van der Waals surface area contributed by atoms with E-state index in [1.807, 2.05) is 13.8 Å². The second-order valence-corrected chi connectivity index (χ2v) is 4.01. The van der Waals surface area contributed by atoms with Gasteiger partial charge in [0.05, 0.1) is 13.0 Å². The monoisotopic (exact) mass is 239 g/mol. The van der Waals surface area contributed by atoms with E-state index in [1.165, 1.54) is 12.1 Å². The molecule has 0 aromatic heterocycles. The molecule has 1 atom stereocenters. The lowest BCUT2D eigenvalue weighted by Gasteiger charge is -2.16. The summed E-state index contributed by atoms with van der Waals surface area (Å²) in [6, 6.07) is 4.46. The number of halogens is 1. The lowest BCUT2D eigenvalue weighted by atomic mass is 10.1. The van der Waals surface area contributed by atoms with Crippen LogP contribution >= 0.6 is 0 Å². The van der Waals surface area contributed by atoms with Crippen LogP contribution in [0.4, 0.5) is 10.1 Å². The molecule has 0 bridgehead atoms. The fourth-order valence-electron chi connectivity index (χ4n) is 1.54. The smallest absolute Gasteiger partial charge is 0.307 e. The van der Waals surface area contributed by atoms with Gasteiger partial charge in [-0.05, 0) is 38.5 Å². The minimum atomic E-state index is -0.290. The van der Waals surface area contributed by atoms with E-state index in [2.05, 4.69) is 5.32 Å². The minimum Gasteiger partial charge on any atom is -0.466 e. The predicted octanol–water partition coefficient (Wildman–Crippen LogP) is 2.89. The zero-order chi connectivity index (χ0) is 12.8. The van der Waals surface area contributed by atoms with Crippen LogP contribution in [0.2, 0.25) is 0 Å². The molecule has 1 unspecified atom stereocenters. The number of ether oxygens (including phenoxy) is 1. The van der Waals surface area contributed by atoms with Gasteiger partial charge in [-0.3, -0.25) is 4.79 Å². The van der Waals surface area contributed by atoms with Crippen LogP contribution in [0, 0.1) is 12.7 Å². The van der Waals surface area contributed by atoms with Crippen molar-refractivity contribution < 1.29 is 13.9 Å². The van der Waals surface area contributed by atoms with E-state index in [0.29, 0.717) is 12.3 Å². The standard InChI is InChI=1S/C13H18FNO2/c1-4-17-13(16)7-10(3)15-12-8-11(14)6-5-9(12)2/h5-6,8,10,15H,4,7H2,1-3H3. The molecule has 0 fully saturated rings. The Morgan fingerprint density at radius 1 is 1.53 bits per heavy atom. The van der Waals surface area contributed by atoms with Gasteiger partial charge in [0.25, 0.3) is 0 Å². The molecule has 1 aromatic rings. The number of rotatable bonds is 5. The van der Waals surface area contributed by atoms with Gasteiger partial charge < -0.3 is 10.1 Å². The lowest BCUT2D eigenvalue weighted by Crippen LogP contribution is -2.21. The van der Waals surface area contributed by atoms with E-state index in [0.717, 1.165) is 5.56 Å². The SMILES string of the molecule is CCOC(=O)CC(C)Nc1cc(F)ccc1C. The van der Waals surface area contributed by atoms with Crippen LogP contribution in [0.25, 0.3) is 0 Å². The molecular formula is C13H18FNO2. The molecule has 1 aromatic carbocycles. The average Bonchev–Trinajstić information content (AvgIpc) is 2.23. The molecule has 0 heterocycles. The van der Waals surface area contributed by atoms with E-state index in [4.69, 9.17) is 4.74 Å². The summed E-state index contributed by atoms with van der Waals surface area (Å²) >= 11 is 0. The Hall–Kier alpha value is -1.58. The van der Waals surface area contributed by atoms with Gasteiger partial charge in [-0.25, -0.2) is 4.39 Å². The fourth-order valence-corrected chi connectivity index (χ4v) is 1.54. The Bertz CT molecular complexity index is 393. The molecule has 0 saturated heterocycles. The van der Waals surface area contributed by atoms with Crippen molar-refractivity contribution in [3.8, 4) is 0 Å². The van der Waals surface area contributed by atoms with Crippen LogP contribution in [0.5, 0.6) is 0 Å². The van der Waals surface area contributed by atoms with Crippen LogP contribution in [0.1, 0.15) is 25.8 Å². The Morgan fingerprint density at radius 2 is 2.24 bits per heavy atom. The van der Waals surface area contributed by atoms with Gasteiger partial charge in [-0.15, -0.1) is 0 Å². The molecule has 1 rings (SSSR count). The lowest BCUT2D eigenvalue weighted by molar-refractivity contribution is -0.143. The van der Waals surface area contributed by atoms with Crippen molar-refractivity contribution in [1.29, 1.82) is 0 Å². The molecule has 17 heavy (non-hydrogen) atoms. The van der Waals surface area contributed by atoms with E-state index < -0.39 is 0 Å². The largest absolute Gasteiger partial charge is 0.466 e. The van der Waals surface area contributed by atoms with Crippen molar-refractivity contribution in [1.82, 2.24) is 0 Å². The number of esters is 1. The Labute approximate surface area is 101 Å². The van der Waals surface area contributed by atoms with Crippen LogP contribution in [-0.4, -0.2) is 18.6 Å². The molecule has 4 heteroatoms. The second kappa shape index (κ2) is 6.23. The molecule has 3 nitrogen and oxygen atoms in total. The van der Waals surface area contributed by atoms with Crippen molar-refractivity contribution in [3.63, 3.8) is 0 Å². The van der Waals surface area contributed by atoms with E-state index in [1.54, 1.807) is 13.0 Å². The Morgan fingerprint density at radius 3 is 2.88 bits per heavy atom. The van der Waals surface area contributed by atoms with Crippen LogP contribution in [-0.2, 0) is 9.53 Å². The highest BCUT2D eigenvalue weighted by atomic mass is 19.1. The summed E-state index contributed by atoms with van der Waals surface area (Å²) < 4.78 is 17.9. The number of anilines is 1. The topological polar surface area (TPSA) is 38.3 Å². The van der Waals surface area contributed by atoms with Gasteiger partial charge in [-0.2, -0.15) is 0 Å². The molecular weight excluding hydrogens is 221 g/mol. The average molecular weight is 239 g/mol. The summed E-state index contributed by atoms with van der Waals surface area (Å²) in [5, 5.41) is 3.10. The predicted molar refractivity (Wildman–Crippen MR) is 65.5 cm³/mol. The molecule has 0 aliphatic rings. The van der Waals surface area contributed by atoms with Crippen molar-refractivity contribution in [2.24, 2.45) is 0 Å². The van der Waals surface area contributed by atoms with Gasteiger partial charge >= 0.3 is 5.97 Å². The van der Waals surface area contributed by atoms with Gasteiger partial charge in [0, 0.05) is 11.7 Å². The summed E-state index contributed by atoms with van der Waals surface area (Å²) in [6.45, 7) is 5.90. The number of carbonyl (C=O) groups is 1. The third-order valence-electron chi connectivity index (χ3n) is 2.38. The van der Waals surface area contributed by atoms with Gasteiger partial charge in [-0.1, -0.05) is 6.07 Å². The number of nitrogens with one attached hydrogen (secondary N) is 1. The van der Waals surface area contributed by atoms with Gasteiger partial charge in [0.2, 0.25) is 0 Å². The quantitative estimate of drug-likeness (QED) is 0.803. The maximum Gasteiger partial charge on any atom is 0.307 e. The molecule has 0 aliphatic carbocycles. The summed E-state index contributed by atoms with van der Waals surface area (Å²) in [4.78, 5) is 11.3. The van der Waals surface area contributed by atoms with Crippen LogP contribution < -0.4 is 5.32 Å².